The van der Waals surface area contributed by atoms with Gasteiger partial charge in [0.05, 0.1) is 16.3 Å². The number of hydrogen-bond donors (Lipinski definition) is 0. The molecule has 0 spiro atoms. The molecule has 2 aromatic heterocycles. The Morgan fingerprint density at radius 2 is 2.00 bits per heavy atom. The normalized spacial score (nSPS) is 15.4. The SMILES string of the molecule is O=C(c1ccc(F)cc1Cl)N1CCN(Cc2cc(=O)n3ccsc3n2)CC1. The number of amides is 1. The van der Waals surface area contributed by atoms with Crippen LogP contribution in [0.15, 0.2) is 40.6 Å². The Bertz CT molecular complexity index is 1060. The minimum atomic E-state index is -0.465. The molecule has 3 aromatic rings. The van der Waals surface area contributed by atoms with Gasteiger partial charge in [0, 0.05) is 50.4 Å². The predicted molar refractivity (Wildman–Crippen MR) is 102 cm³/mol. The molecule has 0 unspecified atom stereocenters. The van der Waals surface area contributed by atoms with Gasteiger partial charge < -0.3 is 4.90 Å². The van der Waals surface area contributed by atoms with Gasteiger partial charge in [0.25, 0.3) is 11.5 Å². The second-order valence-corrected chi connectivity index (χ2v) is 7.61. The van der Waals surface area contributed by atoms with Gasteiger partial charge in [-0.2, -0.15) is 0 Å². The summed E-state index contributed by atoms with van der Waals surface area (Å²) in [6, 6.07) is 5.35. The van der Waals surface area contributed by atoms with Crippen molar-refractivity contribution in [1.82, 2.24) is 19.2 Å². The quantitative estimate of drug-likeness (QED) is 0.670. The third-order valence-corrected chi connectivity index (χ3v) is 5.63. The predicted octanol–water partition coefficient (Wildman–Crippen LogP) is 2.51. The van der Waals surface area contributed by atoms with Crippen molar-refractivity contribution >= 4 is 33.8 Å². The summed E-state index contributed by atoms with van der Waals surface area (Å²) in [5, 5.41) is 1.95. The molecule has 0 saturated carbocycles. The van der Waals surface area contributed by atoms with E-state index in [-0.39, 0.29) is 16.5 Å². The maximum atomic E-state index is 13.2. The van der Waals surface area contributed by atoms with Crippen molar-refractivity contribution in [3.05, 3.63) is 68.3 Å². The minimum Gasteiger partial charge on any atom is -0.336 e. The molecule has 3 heterocycles. The third kappa shape index (κ3) is 3.73. The van der Waals surface area contributed by atoms with E-state index in [9.17, 15) is 14.0 Å². The largest absolute Gasteiger partial charge is 0.336 e. The number of hydrogen-bond acceptors (Lipinski definition) is 5. The topological polar surface area (TPSA) is 57.9 Å². The number of halogens is 2. The molecule has 1 saturated heterocycles. The zero-order chi connectivity index (χ0) is 19.0. The van der Waals surface area contributed by atoms with Crippen LogP contribution in [-0.2, 0) is 6.54 Å². The van der Waals surface area contributed by atoms with Crippen molar-refractivity contribution in [3.8, 4) is 0 Å². The number of thiazole rings is 1. The number of rotatable bonds is 3. The van der Waals surface area contributed by atoms with Gasteiger partial charge in [-0.3, -0.25) is 18.9 Å². The molecule has 0 aliphatic carbocycles. The smallest absolute Gasteiger partial charge is 0.258 e. The van der Waals surface area contributed by atoms with Crippen LogP contribution in [0, 0.1) is 5.82 Å². The summed E-state index contributed by atoms with van der Waals surface area (Å²) in [7, 11) is 0. The molecule has 9 heteroatoms. The van der Waals surface area contributed by atoms with Crippen LogP contribution in [0.2, 0.25) is 5.02 Å². The molecular formula is C18H16ClFN4O2S. The highest BCUT2D eigenvalue weighted by Gasteiger charge is 2.24. The third-order valence-electron chi connectivity index (χ3n) is 4.56. The molecule has 27 heavy (non-hydrogen) atoms. The molecular weight excluding hydrogens is 391 g/mol. The Kier molecular flexibility index (Phi) is 4.94. The highest BCUT2D eigenvalue weighted by molar-refractivity contribution is 7.15. The van der Waals surface area contributed by atoms with E-state index in [0.29, 0.717) is 43.2 Å². The summed E-state index contributed by atoms with van der Waals surface area (Å²) in [6.07, 6.45) is 1.71. The van der Waals surface area contributed by atoms with Gasteiger partial charge >= 0.3 is 0 Å². The van der Waals surface area contributed by atoms with Crippen molar-refractivity contribution in [2.75, 3.05) is 26.2 Å². The minimum absolute atomic E-state index is 0.0870. The number of nitrogens with zero attached hydrogens (tertiary/aromatic N) is 4. The van der Waals surface area contributed by atoms with E-state index in [1.807, 2.05) is 5.38 Å². The Morgan fingerprint density at radius 1 is 1.22 bits per heavy atom. The zero-order valence-corrected chi connectivity index (χ0v) is 15.8. The summed E-state index contributed by atoms with van der Waals surface area (Å²) in [5.74, 6) is -0.663. The second kappa shape index (κ2) is 7.38. The van der Waals surface area contributed by atoms with Gasteiger partial charge in [-0.05, 0) is 18.2 Å². The summed E-state index contributed by atoms with van der Waals surface area (Å²) >= 11 is 7.42. The molecule has 0 N–H and O–H groups in total. The van der Waals surface area contributed by atoms with E-state index in [4.69, 9.17) is 11.6 Å². The lowest BCUT2D eigenvalue weighted by Gasteiger charge is -2.34. The van der Waals surface area contributed by atoms with Gasteiger partial charge in [0.1, 0.15) is 5.82 Å². The number of aromatic nitrogens is 2. The van der Waals surface area contributed by atoms with E-state index in [1.165, 1.54) is 27.9 Å². The summed E-state index contributed by atoms with van der Waals surface area (Å²) in [6.45, 7) is 2.95. The molecule has 4 rings (SSSR count). The molecule has 0 radical (unpaired) electrons. The lowest BCUT2D eigenvalue weighted by Crippen LogP contribution is -2.48. The maximum absolute atomic E-state index is 13.2. The summed E-state index contributed by atoms with van der Waals surface area (Å²) < 4.78 is 14.7. The number of fused-ring (bicyclic) bond motifs is 1. The number of carbonyl (C=O) groups is 1. The Balaban J connectivity index is 1.41. The molecule has 6 nitrogen and oxygen atoms in total. The van der Waals surface area contributed by atoms with Crippen LogP contribution in [0.3, 0.4) is 0 Å². The van der Waals surface area contributed by atoms with Crippen LogP contribution >= 0.6 is 22.9 Å². The van der Waals surface area contributed by atoms with Crippen LogP contribution < -0.4 is 5.56 Å². The highest BCUT2D eigenvalue weighted by Crippen LogP contribution is 2.20. The average Bonchev–Trinajstić information content (AvgIpc) is 3.11. The molecule has 1 amide bonds. The Morgan fingerprint density at radius 3 is 2.74 bits per heavy atom. The standard InChI is InChI=1S/C18H16ClFN4O2S/c19-15-9-12(20)1-2-14(15)17(26)23-5-3-22(4-6-23)11-13-10-16(25)24-7-8-27-18(24)21-13/h1-2,7-10H,3-6,11H2. The van der Waals surface area contributed by atoms with Gasteiger partial charge in [0.2, 0.25) is 0 Å². The van der Waals surface area contributed by atoms with Gasteiger partial charge in [-0.15, -0.1) is 11.3 Å². The molecule has 1 aromatic carbocycles. The first-order valence-electron chi connectivity index (χ1n) is 8.44. The molecule has 1 fully saturated rings. The van der Waals surface area contributed by atoms with E-state index in [2.05, 4.69) is 9.88 Å². The fraction of sp³-hybridized carbons (Fsp3) is 0.278. The van der Waals surface area contributed by atoms with Crippen LogP contribution in [0.25, 0.3) is 4.96 Å². The monoisotopic (exact) mass is 406 g/mol. The fourth-order valence-electron chi connectivity index (χ4n) is 3.14. The van der Waals surface area contributed by atoms with Crippen LogP contribution in [-0.4, -0.2) is 51.3 Å². The zero-order valence-electron chi connectivity index (χ0n) is 14.3. The molecule has 1 aliphatic rings. The molecule has 0 atom stereocenters. The lowest BCUT2D eigenvalue weighted by atomic mass is 10.1. The van der Waals surface area contributed by atoms with Gasteiger partial charge in [0.15, 0.2) is 4.96 Å². The summed E-state index contributed by atoms with van der Waals surface area (Å²) in [5.41, 5.74) is 0.948. The van der Waals surface area contributed by atoms with Crippen LogP contribution in [0.5, 0.6) is 0 Å². The van der Waals surface area contributed by atoms with E-state index in [0.717, 1.165) is 11.8 Å². The summed E-state index contributed by atoms with van der Waals surface area (Å²) in [4.78, 5) is 33.7. The van der Waals surface area contributed by atoms with E-state index in [1.54, 1.807) is 17.2 Å². The molecule has 1 aliphatic heterocycles. The maximum Gasteiger partial charge on any atom is 0.258 e. The van der Waals surface area contributed by atoms with Crippen molar-refractivity contribution in [3.63, 3.8) is 0 Å². The number of benzene rings is 1. The number of piperazine rings is 1. The second-order valence-electron chi connectivity index (χ2n) is 6.33. The van der Waals surface area contributed by atoms with Crippen molar-refractivity contribution in [1.29, 1.82) is 0 Å². The van der Waals surface area contributed by atoms with Crippen LogP contribution in [0.4, 0.5) is 4.39 Å². The first-order valence-corrected chi connectivity index (χ1v) is 9.69. The van der Waals surface area contributed by atoms with Crippen molar-refractivity contribution < 1.29 is 9.18 Å². The average molecular weight is 407 g/mol. The fourth-order valence-corrected chi connectivity index (χ4v) is 4.13. The molecule has 0 bridgehead atoms. The van der Waals surface area contributed by atoms with Crippen molar-refractivity contribution in [2.45, 2.75) is 6.54 Å². The highest BCUT2D eigenvalue weighted by atomic mass is 35.5. The first-order chi connectivity index (χ1) is 13.0. The number of carbonyl (C=O) groups excluding carboxylic acids is 1. The van der Waals surface area contributed by atoms with E-state index >= 15 is 0 Å². The van der Waals surface area contributed by atoms with Gasteiger partial charge in [-0.25, -0.2) is 9.37 Å². The van der Waals surface area contributed by atoms with Crippen LogP contribution in [0.1, 0.15) is 16.1 Å². The lowest BCUT2D eigenvalue weighted by molar-refractivity contribution is 0.0627. The molecule has 140 valence electrons. The van der Waals surface area contributed by atoms with Crippen molar-refractivity contribution in [2.24, 2.45) is 0 Å². The Hall–Kier alpha value is -2.29. The van der Waals surface area contributed by atoms with E-state index < -0.39 is 5.82 Å². The Labute approximate surface area is 163 Å². The van der Waals surface area contributed by atoms with Gasteiger partial charge in [-0.1, -0.05) is 11.6 Å². The first kappa shape index (κ1) is 18.1.